The summed E-state index contributed by atoms with van der Waals surface area (Å²) in [6.45, 7) is 1.33. The highest BCUT2D eigenvalue weighted by molar-refractivity contribution is 7.99. The normalized spacial score (nSPS) is 12.0. The molecule has 0 atom stereocenters. The third-order valence-corrected chi connectivity index (χ3v) is 5.55. The molecule has 35 heavy (non-hydrogen) atoms. The molecule has 0 unspecified atom stereocenters. The Morgan fingerprint density at radius 3 is 2.31 bits per heavy atom. The second-order valence-corrected chi connectivity index (χ2v) is 8.06. The maximum atomic E-state index is 13.3. The van der Waals surface area contributed by atoms with Crippen molar-refractivity contribution in [2.75, 3.05) is 6.54 Å². The fourth-order valence-corrected chi connectivity index (χ4v) is 3.93. The first-order chi connectivity index (χ1) is 16.3. The van der Waals surface area contributed by atoms with E-state index in [-0.39, 0.29) is 40.4 Å². The molecule has 0 aliphatic heterocycles. The molecule has 0 fully saturated rings. The molecule has 0 spiro atoms. The van der Waals surface area contributed by atoms with Gasteiger partial charge in [-0.1, -0.05) is 6.07 Å². The van der Waals surface area contributed by atoms with Gasteiger partial charge in [-0.2, -0.15) is 26.3 Å². The SMILES string of the molecule is CC(=O)NCCc1nnc(Sc2ccc(C(F)(F)F)cc2[N+](=O)[O-])n1-c1cccc(C(F)(F)F)c1. The highest BCUT2D eigenvalue weighted by atomic mass is 32.2. The summed E-state index contributed by atoms with van der Waals surface area (Å²) in [6, 6.07) is 6.03. The first-order valence-corrected chi connectivity index (χ1v) is 10.5. The van der Waals surface area contributed by atoms with Crippen molar-refractivity contribution in [1.82, 2.24) is 20.1 Å². The van der Waals surface area contributed by atoms with E-state index in [2.05, 4.69) is 15.5 Å². The Morgan fingerprint density at radius 1 is 1.06 bits per heavy atom. The van der Waals surface area contributed by atoms with E-state index >= 15 is 0 Å². The van der Waals surface area contributed by atoms with Gasteiger partial charge in [-0.05, 0) is 42.1 Å². The van der Waals surface area contributed by atoms with Crippen LogP contribution in [-0.2, 0) is 23.6 Å². The van der Waals surface area contributed by atoms with Crippen LogP contribution in [0.15, 0.2) is 52.5 Å². The Labute approximate surface area is 197 Å². The number of rotatable bonds is 7. The van der Waals surface area contributed by atoms with E-state index in [0.29, 0.717) is 23.9 Å². The van der Waals surface area contributed by atoms with Gasteiger partial charge in [0, 0.05) is 26.0 Å². The Balaban J connectivity index is 2.09. The van der Waals surface area contributed by atoms with Gasteiger partial charge in [0.15, 0.2) is 0 Å². The molecule has 8 nitrogen and oxygen atoms in total. The molecule has 2 aromatic carbocycles. The number of carbonyl (C=O) groups excluding carboxylic acids is 1. The number of hydrogen-bond donors (Lipinski definition) is 1. The van der Waals surface area contributed by atoms with Gasteiger partial charge in [-0.3, -0.25) is 19.5 Å². The second-order valence-electron chi connectivity index (χ2n) is 7.05. The summed E-state index contributed by atoms with van der Waals surface area (Å²) in [5.41, 5.74) is -3.10. The van der Waals surface area contributed by atoms with Gasteiger partial charge < -0.3 is 5.32 Å². The number of nitro benzene ring substituents is 1. The quantitative estimate of drug-likeness (QED) is 0.267. The van der Waals surface area contributed by atoms with E-state index in [1.807, 2.05) is 0 Å². The number of carbonyl (C=O) groups is 1. The maximum Gasteiger partial charge on any atom is 0.416 e. The second kappa shape index (κ2) is 9.93. The number of nitro groups is 1. The fourth-order valence-electron chi connectivity index (χ4n) is 2.98. The molecule has 186 valence electrons. The summed E-state index contributed by atoms with van der Waals surface area (Å²) in [4.78, 5) is 21.4. The van der Waals surface area contributed by atoms with Crippen LogP contribution in [-0.4, -0.2) is 32.1 Å². The molecule has 1 N–H and O–H groups in total. The van der Waals surface area contributed by atoms with Gasteiger partial charge in [0.1, 0.15) is 5.82 Å². The standard InChI is InChI=1S/C20H15F6N5O3S/c1-11(32)27-8-7-17-28-29-18(30(17)14-4-2-3-12(9-14)19(21,22)23)35-16-6-5-13(20(24,25)26)10-15(16)31(33)34/h2-6,9-10H,7-8H2,1H3,(H,27,32). The van der Waals surface area contributed by atoms with E-state index in [0.717, 1.165) is 24.3 Å². The number of nitrogens with one attached hydrogen (secondary N) is 1. The van der Waals surface area contributed by atoms with Crippen LogP contribution < -0.4 is 5.32 Å². The molecule has 1 aromatic heterocycles. The van der Waals surface area contributed by atoms with E-state index < -0.39 is 34.1 Å². The lowest BCUT2D eigenvalue weighted by Crippen LogP contribution is -2.23. The fraction of sp³-hybridized carbons (Fsp3) is 0.250. The monoisotopic (exact) mass is 519 g/mol. The molecule has 1 heterocycles. The third kappa shape index (κ3) is 6.29. The number of amides is 1. The van der Waals surface area contributed by atoms with Crippen molar-refractivity contribution >= 4 is 23.4 Å². The van der Waals surface area contributed by atoms with E-state index in [9.17, 15) is 41.3 Å². The van der Waals surface area contributed by atoms with Crippen LogP contribution in [0.1, 0.15) is 23.9 Å². The minimum absolute atomic E-state index is 0.0280. The summed E-state index contributed by atoms with van der Waals surface area (Å²) in [7, 11) is 0. The molecule has 0 radical (unpaired) electrons. The summed E-state index contributed by atoms with van der Waals surface area (Å²) < 4.78 is 80.0. The van der Waals surface area contributed by atoms with Crippen LogP contribution in [0.3, 0.4) is 0 Å². The number of halogens is 6. The predicted octanol–water partition coefficient (Wildman–Crippen LogP) is 5.04. The Morgan fingerprint density at radius 2 is 1.71 bits per heavy atom. The van der Waals surface area contributed by atoms with E-state index in [1.54, 1.807) is 0 Å². The predicted molar refractivity (Wildman–Crippen MR) is 111 cm³/mol. The molecule has 0 aliphatic rings. The van der Waals surface area contributed by atoms with Crippen molar-refractivity contribution in [3.63, 3.8) is 0 Å². The van der Waals surface area contributed by atoms with Gasteiger partial charge in [-0.15, -0.1) is 10.2 Å². The van der Waals surface area contributed by atoms with Crippen molar-refractivity contribution < 1.29 is 36.1 Å². The molecule has 3 rings (SSSR count). The topological polar surface area (TPSA) is 103 Å². The molecular weight excluding hydrogens is 504 g/mol. The van der Waals surface area contributed by atoms with Crippen LogP contribution in [0.5, 0.6) is 0 Å². The lowest BCUT2D eigenvalue weighted by molar-refractivity contribution is -0.388. The van der Waals surface area contributed by atoms with Gasteiger partial charge in [0.2, 0.25) is 11.1 Å². The van der Waals surface area contributed by atoms with Crippen LogP contribution in [0, 0.1) is 10.1 Å². The van der Waals surface area contributed by atoms with Gasteiger partial charge >= 0.3 is 12.4 Å². The van der Waals surface area contributed by atoms with Crippen molar-refractivity contribution in [1.29, 1.82) is 0 Å². The first kappa shape index (κ1) is 26.0. The minimum Gasteiger partial charge on any atom is -0.356 e. The molecule has 0 saturated carbocycles. The molecule has 3 aromatic rings. The van der Waals surface area contributed by atoms with Crippen LogP contribution >= 0.6 is 11.8 Å². The zero-order valence-electron chi connectivity index (χ0n) is 17.6. The summed E-state index contributed by atoms with van der Waals surface area (Å²) in [5, 5.41) is 21.6. The van der Waals surface area contributed by atoms with Crippen molar-refractivity contribution in [3.8, 4) is 5.69 Å². The summed E-state index contributed by atoms with van der Waals surface area (Å²) in [6.07, 6.45) is -9.44. The Bertz CT molecular complexity index is 1260. The number of hydrogen-bond acceptors (Lipinski definition) is 6. The largest absolute Gasteiger partial charge is 0.416 e. The van der Waals surface area contributed by atoms with Gasteiger partial charge in [-0.25, -0.2) is 0 Å². The summed E-state index contributed by atoms with van der Waals surface area (Å²) >= 11 is 0.569. The number of benzene rings is 2. The third-order valence-electron chi connectivity index (χ3n) is 4.54. The van der Waals surface area contributed by atoms with Gasteiger partial charge in [0.05, 0.1) is 26.6 Å². The van der Waals surface area contributed by atoms with E-state index in [4.69, 9.17) is 0 Å². The van der Waals surface area contributed by atoms with Crippen molar-refractivity contribution in [2.45, 2.75) is 35.7 Å². The number of nitrogens with zero attached hydrogens (tertiary/aromatic N) is 4. The Hall–Kier alpha value is -3.62. The average molecular weight is 519 g/mol. The Kier molecular flexibility index (Phi) is 7.38. The zero-order chi connectivity index (χ0) is 26.0. The number of alkyl halides is 6. The molecular formula is C20H15F6N5O3S. The first-order valence-electron chi connectivity index (χ1n) is 9.67. The molecule has 1 amide bonds. The molecule has 0 aliphatic carbocycles. The van der Waals surface area contributed by atoms with Crippen LogP contribution in [0.25, 0.3) is 5.69 Å². The average Bonchev–Trinajstić information content (AvgIpc) is 3.14. The number of aromatic nitrogens is 3. The smallest absolute Gasteiger partial charge is 0.356 e. The van der Waals surface area contributed by atoms with Gasteiger partial charge in [0.25, 0.3) is 5.69 Å². The van der Waals surface area contributed by atoms with Crippen LogP contribution in [0.2, 0.25) is 0 Å². The highest BCUT2D eigenvalue weighted by Gasteiger charge is 2.34. The zero-order valence-corrected chi connectivity index (χ0v) is 18.5. The lowest BCUT2D eigenvalue weighted by atomic mass is 10.2. The van der Waals surface area contributed by atoms with E-state index in [1.165, 1.54) is 17.6 Å². The molecule has 15 heteroatoms. The van der Waals surface area contributed by atoms with Crippen molar-refractivity contribution in [3.05, 3.63) is 69.5 Å². The molecule has 0 bridgehead atoms. The highest BCUT2D eigenvalue weighted by Crippen LogP contribution is 2.40. The molecule has 0 saturated heterocycles. The lowest BCUT2D eigenvalue weighted by Gasteiger charge is -2.13. The van der Waals surface area contributed by atoms with Crippen LogP contribution in [0.4, 0.5) is 32.0 Å². The van der Waals surface area contributed by atoms with Crippen molar-refractivity contribution in [2.24, 2.45) is 0 Å². The maximum absolute atomic E-state index is 13.3. The minimum atomic E-state index is -4.82. The summed E-state index contributed by atoms with van der Waals surface area (Å²) in [5.74, 6) is -0.236.